The number of hydrogen-bond donors (Lipinski definition) is 1. The molecular weight excluding hydrogens is 417 g/mol. The normalized spacial score (nSPS) is 17.7. The molecular formula is C18H28IN3O2. The molecule has 0 saturated carbocycles. The SMILES string of the molecule is CC(C)C(CNC(=O)COc1ccc(I)cc1)N1CCN(C)CC1. The molecule has 0 bridgehead atoms. The van der Waals surface area contributed by atoms with Gasteiger partial charge in [-0.2, -0.15) is 0 Å². The quantitative estimate of drug-likeness (QED) is 0.653. The Morgan fingerprint density at radius 2 is 1.83 bits per heavy atom. The minimum absolute atomic E-state index is 0.0617. The number of ether oxygens (including phenoxy) is 1. The van der Waals surface area contributed by atoms with Gasteiger partial charge in [0.25, 0.3) is 5.91 Å². The zero-order chi connectivity index (χ0) is 17.5. The smallest absolute Gasteiger partial charge is 0.257 e. The number of benzene rings is 1. The van der Waals surface area contributed by atoms with E-state index < -0.39 is 0 Å². The minimum Gasteiger partial charge on any atom is -0.484 e. The van der Waals surface area contributed by atoms with Crippen LogP contribution in [0.15, 0.2) is 24.3 Å². The van der Waals surface area contributed by atoms with Gasteiger partial charge in [-0.3, -0.25) is 9.69 Å². The summed E-state index contributed by atoms with van der Waals surface area (Å²) < 4.78 is 6.69. The summed E-state index contributed by atoms with van der Waals surface area (Å²) in [5.41, 5.74) is 0. The molecule has 2 rings (SSSR count). The number of hydrogen-bond acceptors (Lipinski definition) is 4. The summed E-state index contributed by atoms with van der Waals surface area (Å²) in [6.45, 7) is 9.49. The van der Waals surface area contributed by atoms with Crippen LogP contribution >= 0.6 is 22.6 Å². The lowest BCUT2D eigenvalue weighted by Gasteiger charge is -2.39. The topological polar surface area (TPSA) is 44.8 Å². The van der Waals surface area contributed by atoms with Gasteiger partial charge in [-0.25, -0.2) is 0 Å². The molecule has 1 aliphatic rings. The molecule has 1 heterocycles. The Hall–Kier alpha value is -0.860. The van der Waals surface area contributed by atoms with Crippen LogP contribution in [0.2, 0.25) is 0 Å². The first-order valence-corrected chi connectivity index (χ1v) is 9.61. The largest absolute Gasteiger partial charge is 0.484 e. The summed E-state index contributed by atoms with van der Waals surface area (Å²) in [7, 11) is 2.16. The second kappa shape index (κ2) is 9.58. The van der Waals surface area contributed by atoms with E-state index in [1.165, 1.54) is 0 Å². The highest BCUT2D eigenvalue weighted by molar-refractivity contribution is 14.1. The van der Waals surface area contributed by atoms with E-state index in [-0.39, 0.29) is 12.5 Å². The lowest BCUT2D eigenvalue weighted by Crippen LogP contribution is -2.54. The van der Waals surface area contributed by atoms with Crippen LogP contribution in [0.5, 0.6) is 5.75 Å². The van der Waals surface area contributed by atoms with E-state index in [2.05, 4.69) is 58.6 Å². The average Bonchev–Trinajstić information content (AvgIpc) is 2.56. The van der Waals surface area contributed by atoms with Crippen molar-refractivity contribution >= 4 is 28.5 Å². The molecule has 0 radical (unpaired) electrons. The lowest BCUT2D eigenvalue weighted by molar-refractivity contribution is -0.123. The molecule has 1 N–H and O–H groups in total. The first-order valence-electron chi connectivity index (χ1n) is 8.53. The van der Waals surface area contributed by atoms with Gasteiger partial charge in [0.05, 0.1) is 0 Å². The van der Waals surface area contributed by atoms with Gasteiger partial charge in [0.15, 0.2) is 6.61 Å². The van der Waals surface area contributed by atoms with Crippen molar-refractivity contribution in [3.8, 4) is 5.75 Å². The molecule has 1 aliphatic heterocycles. The zero-order valence-electron chi connectivity index (χ0n) is 14.8. The lowest BCUT2D eigenvalue weighted by atomic mass is 10.0. The van der Waals surface area contributed by atoms with E-state index in [1.54, 1.807) is 0 Å². The molecule has 0 spiro atoms. The fraction of sp³-hybridized carbons (Fsp3) is 0.611. The molecule has 0 aromatic heterocycles. The molecule has 1 saturated heterocycles. The molecule has 1 amide bonds. The van der Waals surface area contributed by atoms with Crippen LogP contribution in [0.4, 0.5) is 0 Å². The molecule has 1 unspecified atom stereocenters. The van der Waals surface area contributed by atoms with E-state index in [1.807, 2.05) is 24.3 Å². The van der Waals surface area contributed by atoms with Crippen molar-refractivity contribution in [2.45, 2.75) is 19.9 Å². The number of amides is 1. The van der Waals surface area contributed by atoms with Crippen molar-refractivity contribution in [2.24, 2.45) is 5.92 Å². The zero-order valence-corrected chi connectivity index (χ0v) is 17.0. The molecule has 1 fully saturated rings. The molecule has 0 aliphatic carbocycles. The number of carbonyl (C=O) groups is 1. The van der Waals surface area contributed by atoms with E-state index in [9.17, 15) is 4.79 Å². The molecule has 6 heteroatoms. The van der Waals surface area contributed by atoms with Gasteiger partial charge in [-0.05, 0) is 59.8 Å². The molecule has 24 heavy (non-hydrogen) atoms. The number of carbonyl (C=O) groups excluding carboxylic acids is 1. The highest BCUT2D eigenvalue weighted by atomic mass is 127. The van der Waals surface area contributed by atoms with Gasteiger partial charge in [-0.15, -0.1) is 0 Å². The van der Waals surface area contributed by atoms with Crippen LogP contribution in [-0.2, 0) is 4.79 Å². The first-order chi connectivity index (χ1) is 11.5. The van der Waals surface area contributed by atoms with E-state index in [0.717, 1.165) is 35.5 Å². The maximum absolute atomic E-state index is 12.1. The second-order valence-corrected chi connectivity index (χ2v) is 7.94. The maximum atomic E-state index is 12.1. The number of likely N-dealkylation sites (N-methyl/N-ethyl adjacent to an activating group) is 1. The van der Waals surface area contributed by atoms with Gasteiger partial charge in [0.2, 0.25) is 0 Å². The summed E-state index contributed by atoms with van der Waals surface area (Å²) in [5.74, 6) is 1.17. The van der Waals surface area contributed by atoms with Crippen LogP contribution in [0.25, 0.3) is 0 Å². The van der Waals surface area contributed by atoms with E-state index in [0.29, 0.717) is 18.5 Å². The van der Waals surface area contributed by atoms with Crippen molar-refractivity contribution in [3.63, 3.8) is 0 Å². The molecule has 1 atom stereocenters. The predicted octanol–water partition coefficient (Wildman–Crippen LogP) is 2.06. The second-order valence-electron chi connectivity index (χ2n) is 6.70. The first kappa shape index (κ1) is 19.5. The monoisotopic (exact) mass is 445 g/mol. The Kier molecular flexibility index (Phi) is 7.77. The van der Waals surface area contributed by atoms with Crippen LogP contribution < -0.4 is 10.1 Å². The Morgan fingerprint density at radius 1 is 1.21 bits per heavy atom. The Morgan fingerprint density at radius 3 is 2.42 bits per heavy atom. The van der Waals surface area contributed by atoms with Crippen LogP contribution in [0.1, 0.15) is 13.8 Å². The number of piperazine rings is 1. The highest BCUT2D eigenvalue weighted by Gasteiger charge is 2.25. The average molecular weight is 445 g/mol. The van der Waals surface area contributed by atoms with Crippen molar-refractivity contribution in [1.82, 2.24) is 15.1 Å². The van der Waals surface area contributed by atoms with Gasteiger partial charge in [-0.1, -0.05) is 13.8 Å². The van der Waals surface area contributed by atoms with Crippen LogP contribution in [0, 0.1) is 9.49 Å². The minimum atomic E-state index is -0.0617. The summed E-state index contributed by atoms with van der Waals surface area (Å²) in [6.07, 6.45) is 0. The fourth-order valence-electron chi connectivity index (χ4n) is 2.89. The Balaban J connectivity index is 1.76. The summed E-state index contributed by atoms with van der Waals surface area (Å²) >= 11 is 2.24. The van der Waals surface area contributed by atoms with Gasteiger partial charge >= 0.3 is 0 Å². The summed E-state index contributed by atoms with van der Waals surface area (Å²) in [5, 5.41) is 3.03. The number of nitrogens with zero attached hydrogens (tertiary/aromatic N) is 2. The molecule has 5 nitrogen and oxygen atoms in total. The predicted molar refractivity (Wildman–Crippen MR) is 105 cm³/mol. The third-order valence-corrected chi connectivity index (χ3v) is 5.19. The number of rotatable bonds is 7. The standard InChI is InChI=1S/C18H28IN3O2/c1-14(2)17(22-10-8-21(3)9-11-22)12-20-18(23)13-24-16-6-4-15(19)5-7-16/h4-7,14,17H,8-13H2,1-3H3,(H,20,23). The third kappa shape index (κ3) is 6.22. The van der Waals surface area contributed by atoms with Crippen LogP contribution in [-0.4, -0.2) is 68.1 Å². The van der Waals surface area contributed by atoms with Gasteiger partial charge in [0, 0.05) is 42.3 Å². The molecule has 1 aromatic carbocycles. The molecule has 1 aromatic rings. The van der Waals surface area contributed by atoms with Crippen molar-refractivity contribution in [3.05, 3.63) is 27.8 Å². The summed E-state index contributed by atoms with van der Waals surface area (Å²) in [4.78, 5) is 16.9. The third-order valence-electron chi connectivity index (χ3n) is 4.47. The highest BCUT2D eigenvalue weighted by Crippen LogP contribution is 2.14. The van der Waals surface area contributed by atoms with Gasteiger partial charge < -0.3 is 15.0 Å². The van der Waals surface area contributed by atoms with Crippen molar-refractivity contribution in [1.29, 1.82) is 0 Å². The maximum Gasteiger partial charge on any atom is 0.257 e. The summed E-state index contributed by atoms with van der Waals surface area (Å²) in [6, 6.07) is 8.08. The Bertz CT molecular complexity index is 514. The van der Waals surface area contributed by atoms with Crippen molar-refractivity contribution in [2.75, 3.05) is 46.4 Å². The number of nitrogens with one attached hydrogen (secondary N) is 1. The van der Waals surface area contributed by atoms with Crippen LogP contribution in [0.3, 0.4) is 0 Å². The van der Waals surface area contributed by atoms with Crippen molar-refractivity contribution < 1.29 is 9.53 Å². The van der Waals surface area contributed by atoms with E-state index >= 15 is 0 Å². The number of halogens is 1. The Labute approximate surface area is 158 Å². The van der Waals surface area contributed by atoms with E-state index in [4.69, 9.17) is 4.74 Å². The molecule has 134 valence electrons. The van der Waals surface area contributed by atoms with Gasteiger partial charge in [0.1, 0.15) is 5.75 Å². The fourth-order valence-corrected chi connectivity index (χ4v) is 3.25.